The highest BCUT2D eigenvalue weighted by molar-refractivity contribution is 5.78. The Hall–Kier alpha value is -3.12. The number of likely N-dealkylation sites (tertiary alicyclic amines) is 1. The van der Waals surface area contributed by atoms with Crippen molar-refractivity contribution in [2.45, 2.75) is 31.8 Å². The molecule has 0 bridgehead atoms. The maximum absolute atomic E-state index is 12.0. The molecule has 29 heavy (non-hydrogen) atoms. The molecule has 1 amide bonds. The van der Waals surface area contributed by atoms with E-state index in [0.717, 1.165) is 60.6 Å². The minimum absolute atomic E-state index is 0.132. The van der Waals surface area contributed by atoms with Crippen LogP contribution in [0.15, 0.2) is 60.8 Å². The molecule has 3 N–H and O–H groups in total. The van der Waals surface area contributed by atoms with Gasteiger partial charge in [-0.1, -0.05) is 18.2 Å². The predicted octanol–water partition coefficient (Wildman–Crippen LogP) is 1.97. The smallest absolute Gasteiger partial charge is 0.275 e. The lowest BCUT2D eigenvalue weighted by Gasteiger charge is -2.30. The van der Waals surface area contributed by atoms with Gasteiger partial charge in [-0.25, -0.2) is 4.68 Å². The molecule has 0 radical (unpaired) electrons. The molecule has 4 rings (SSSR count). The number of quaternary nitrogens is 1. The fourth-order valence-corrected chi connectivity index (χ4v) is 4.12. The monoisotopic (exact) mass is 391 g/mol. The zero-order valence-corrected chi connectivity index (χ0v) is 16.7. The van der Waals surface area contributed by atoms with Crippen LogP contribution in [0.1, 0.15) is 24.8 Å². The third-order valence-corrected chi connectivity index (χ3v) is 5.67. The van der Waals surface area contributed by atoms with Crippen molar-refractivity contribution < 1.29 is 14.4 Å². The number of methoxy groups -OCH3 is 1. The van der Waals surface area contributed by atoms with Gasteiger partial charge in [0.05, 0.1) is 24.9 Å². The minimum atomic E-state index is -0.207. The van der Waals surface area contributed by atoms with Crippen LogP contribution in [0.3, 0.4) is 0 Å². The van der Waals surface area contributed by atoms with Crippen molar-refractivity contribution in [3.8, 4) is 22.7 Å². The fourth-order valence-electron chi connectivity index (χ4n) is 4.12. The summed E-state index contributed by atoms with van der Waals surface area (Å²) in [6.07, 6.45) is 5.11. The van der Waals surface area contributed by atoms with Gasteiger partial charge in [-0.05, 0) is 49.2 Å². The molecule has 6 heteroatoms. The number of nitrogens with two attached hydrogens (primary N) is 1. The summed E-state index contributed by atoms with van der Waals surface area (Å²) in [5.41, 5.74) is 9.77. The second kappa shape index (κ2) is 8.49. The SMILES string of the molecule is COc1ccc(-c2nn(-c3ccccc3)cc2C[NH+]2CCCC[C@H]2C(N)=O)cc1. The number of primary amides is 1. The molecule has 6 nitrogen and oxygen atoms in total. The highest BCUT2D eigenvalue weighted by Gasteiger charge is 2.32. The Balaban J connectivity index is 1.72. The number of amides is 1. The van der Waals surface area contributed by atoms with Gasteiger partial charge >= 0.3 is 0 Å². The van der Waals surface area contributed by atoms with Gasteiger partial charge in [0, 0.05) is 18.2 Å². The number of hydrogen-bond donors (Lipinski definition) is 2. The summed E-state index contributed by atoms with van der Waals surface area (Å²) in [5, 5.41) is 4.89. The van der Waals surface area contributed by atoms with Gasteiger partial charge in [-0.15, -0.1) is 0 Å². The first-order valence-corrected chi connectivity index (χ1v) is 10.1. The van der Waals surface area contributed by atoms with Crippen LogP contribution in [0.25, 0.3) is 16.9 Å². The van der Waals surface area contributed by atoms with Gasteiger partial charge in [-0.2, -0.15) is 5.10 Å². The average Bonchev–Trinajstić information content (AvgIpc) is 3.18. The number of piperidine rings is 1. The first kappa shape index (κ1) is 19.2. The molecule has 2 atom stereocenters. The van der Waals surface area contributed by atoms with Crippen LogP contribution < -0.4 is 15.4 Å². The average molecular weight is 391 g/mol. The quantitative estimate of drug-likeness (QED) is 0.675. The molecule has 2 heterocycles. The Kier molecular flexibility index (Phi) is 5.62. The van der Waals surface area contributed by atoms with E-state index < -0.39 is 0 Å². The van der Waals surface area contributed by atoms with Crippen LogP contribution in [-0.4, -0.2) is 35.4 Å². The number of carbonyl (C=O) groups excluding carboxylic acids is 1. The van der Waals surface area contributed by atoms with Gasteiger partial charge in [0.2, 0.25) is 0 Å². The predicted molar refractivity (Wildman–Crippen MR) is 112 cm³/mol. The van der Waals surface area contributed by atoms with Crippen molar-refractivity contribution >= 4 is 5.91 Å². The highest BCUT2D eigenvalue weighted by atomic mass is 16.5. The van der Waals surface area contributed by atoms with Crippen LogP contribution in [0.2, 0.25) is 0 Å². The number of para-hydroxylation sites is 1. The molecule has 1 aliphatic rings. The van der Waals surface area contributed by atoms with Crippen molar-refractivity contribution in [1.82, 2.24) is 9.78 Å². The zero-order chi connectivity index (χ0) is 20.2. The summed E-state index contributed by atoms with van der Waals surface area (Å²) in [7, 11) is 1.66. The van der Waals surface area contributed by atoms with Gasteiger partial charge in [-0.3, -0.25) is 4.79 Å². The first-order valence-electron chi connectivity index (χ1n) is 10.1. The lowest BCUT2D eigenvalue weighted by Crippen LogP contribution is -3.16. The molecule has 1 aliphatic heterocycles. The lowest BCUT2D eigenvalue weighted by molar-refractivity contribution is -0.934. The van der Waals surface area contributed by atoms with Crippen LogP contribution >= 0.6 is 0 Å². The molecule has 3 aromatic rings. The summed E-state index contributed by atoms with van der Waals surface area (Å²) in [5.74, 6) is 0.606. The molecule has 0 saturated carbocycles. The number of nitrogens with zero attached hydrogens (tertiary/aromatic N) is 2. The van der Waals surface area contributed by atoms with E-state index in [1.54, 1.807) is 7.11 Å². The Labute approximate surface area is 170 Å². The van der Waals surface area contributed by atoms with Gasteiger partial charge in [0.1, 0.15) is 18.0 Å². The van der Waals surface area contributed by atoms with Crippen molar-refractivity contribution in [3.63, 3.8) is 0 Å². The molecule has 2 aromatic carbocycles. The number of rotatable bonds is 6. The largest absolute Gasteiger partial charge is 0.497 e. The van der Waals surface area contributed by atoms with E-state index in [2.05, 4.69) is 6.20 Å². The molecular weight excluding hydrogens is 364 g/mol. The van der Waals surface area contributed by atoms with Crippen molar-refractivity contribution in [2.75, 3.05) is 13.7 Å². The molecule has 1 saturated heterocycles. The molecule has 0 spiro atoms. The number of ether oxygens (including phenoxy) is 1. The first-order chi connectivity index (χ1) is 14.2. The second-order valence-electron chi connectivity index (χ2n) is 7.55. The van der Waals surface area contributed by atoms with E-state index in [-0.39, 0.29) is 11.9 Å². The zero-order valence-electron chi connectivity index (χ0n) is 16.7. The Morgan fingerprint density at radius 1 is 1.17 bits per heavy atom. The number of aromatic nitrogens is 2. The summed E-state index contributed by atoms with van der Waals surface area (Å²) in [6.45, 7) is 1.67. The number of hydrogen-bond acceptors (Lipinski definition) is 3. The normalized spacial score (nSPS) is 19.1. The lowest BCUT2D eigenvalue weighted by atomic mass is 10.00. The van der Waals surface area contributed by atoms with Crippen LogP contribution in [-0.2, 0) is 11.3 Å². The maximum Gasteiger partial charge on any atom is 0.275 e. The maximum atomic E-state index is 12.0. The van der Waals surface area contributed by atoms with Crippen molar-refractivity contribution in [3.05, 3.63) is 66.4 Å². The summed E-state index contributed by atoms with van der Waals surface area (Å²) in [6, 6.07) is 17.9. The van der Waals surface area contributed by atoms with E-state index >= 15 is 0 Å². The number of benzene rings is 2. The van der Waals surface area contributed by atoms with Crippen molar-refractivity contribution in [1.29, 1.82) is 0 Å². The summed E-state index contributed by atoms with van der Waals surface area (Å²) in [4.78, 5) is 13.2. The van der Waals surface area contributed by atoms with Crippen LogP contribution in [0.5, 0.6) is 5.75 Å². The second-order valence-corrected chi connectivity index (χ2v) is 7.55. The van der Waals surface area contributed by atoms with E-state index in [4.69, 9.17) is 15.6 Å². The van der Waals surface area contributed by atoms with Gasteiger partial charge in [0.15, 0.2) is 6.04 Å². The van der Waals surface area contributed by atoms with E-state index in [9.17, 15) is 4.79 Å². The van der Waals surface area contributed by atoms with E-state index in [0.29, 0.717) is 0 Å². The van der Waals surface area contributed by atoms with E-state index in [1.165, 1.54) is 4.90 Å². The molecule has 1 fully saturated rings. The van der Waals surface area contributed by atoms with Gasteiger partial charge in [0.25, 0.3) is 5.91 Å². The van der Waals surface area contributed by atoms with Crippen molar-refractivity contribution in [2.24, 2.45) is 5.73 Å². The molecule has 0 aliphatic carbocycles. The highest BCUT2D eigenvalue weighted by Crippen LogP contribution is 2.25. The van der Waals surface area contributed by atoms with E-state index in [1.807, 2.05) is 59.3 Å². The molecule has 1 unspecified atom stereocenters. The summed E-state index contributed by atoms with van der Waals surface area (Å²) < 4.78 is 7.20. The molecule has 1 aromatic heterocycles. The Bertz CT molecular complexity index is 966. The fraction of sp³-hybridized carbons (Fsp3) is 0.304. The molecular formula is C23H27N4O2+. The minimum Gasteiger partial charge on any atom is -0.497 e. The third-order valence-electron chi connectivity index (χ3n) is 5.67. The number of nitrogens with one attached hydrogen (secondary N) is 1. The molecule has 150 valence electrons. The topological polar surface area (TPSA) is 74.6 Å². The van der Waals surface area contributed by atoms with Crippen LogP contribution in [0.4, 0.5) is 0 Å². The van der Waals surface area contributed by atoms with Gasteiger partial charge < -0.3 is 15.4 Å². The Morgan fingerprint density at radius 3 is 2.62 bits per heavy atom. The summed E-state index contributed by atoms with van der Waals surface area (Å²) >= 11 is 0. The number of carbonyl (C=O) groups is 1. The Morgan fingerprint density at radius 2 is 1.93 bits per heavy atom. The standard InChI is InChI=1S/C23H26N4O2/c1-29-20-12-10-17(11-13-20)22-18(15-26-14-6-5-9-21(26)23(24)28)16-27(25-22)19-7-3-2-4-8-19/h2-4,7-8,10-13,16,21H,5-6,9,14-15H2,1H3,(H2,24,28)/p+1/t21-/m0/s1. The third kappa shape index (κ3) is 4.17. The van der Waals surface area contributed by atoms with Crippen LogP contribution in [0, 0.1) is 0 Å².